The monoisotopic (exact) mass is 594 g/mol. The number of hydrogen-bond donors (Lipinski definition) is 0. The predicted octanol–water partition coefficient (Wildman–Crippen LogP) is 7.73. The van der Waals surface area contributed by atoms with Crippen molar-refractivity contribution in [1.29, 1.82) is 0 Å². The molecule has 0 saturated heterocycles. The van der Waals surface area contributed by atoms with E-state index in [1.54, 1.807) is 0 Å². The normalized spacial score (nSPS) is 12.3. The number of nitrogens with zero attached hydrogens (tertiary/aromatic N) is 2. The highest BCUT2D eigenvalue weighted by Crippen LogP contribution is 2.36. The van der Waals surface area contributed by atoms with Gasteiger partial charge in [0, 0.05) is 30.8 Å². The molecule has 9 heteroatoms. The lowest BCUT2D eigenvalue weighted by Gasteiger charge is -2.31. The van der Waals surface area contributed by atoms with Gasteiger partial charge < -0.3 is 19.1 Å². The minimum absolute atomic E-state index is 0.0105. The molecule has 9 nitrogen and oxygen atoms in total. The third kappa shape index (κ3) is 7.23. The van der Waals surface area contributed by atoms with Gasteiger partial charge in [0.15, 0.2) is 0 Å². The van der Waals surface area contributed by atoms with Gasteiger partial charge in [-0.3, -0.25) is 14.9 Å². The molecule has 1 amide bonds. The van der Waals surface area contributed by atoms with E-state index in [1.165, 1.54) is 29.8 Å². The number of benzene rings is 4. The highest BCUT2D eigenvalue weighted by molar-refractivity contribution is 5.96. The number of amides is 1. The predicted molar refractivity (Wildman–Crippen MR) is 167 cm³/mol. The van der Waals surface area contributed by atoms with Crippen LogP contribution in [0.15, 0.2) is 84.9 Å². The van der Waals surface area contributed by atoms with Gasteiger partial charge in [-0.25, -0.2) is 4.79 Å². The second-order valence-electron chi connectivity index (χ2n) is 10.7. The standard InChI is InChI=1S/C35H34N2O7/c1-24-8-3-14-33(25(24)2)42-21-7-15-34(38)36-20-6-12-31-30(11-5-13-32(31)36)27-10-4-9-26(22-27)23-43-35(39)44-29-18-16-28(17-19-29)37(40)41/h3-5,8-11,13-14,16-19,22H,6-7,12,15,20-21,23H2,1-2H3. The van der Waals surface area contributed by atoms with Crippen LogP contribution in [-0.4, -0.2) is 30.1 Å². The highest BCUT2D eigenvalue weighted by Gasteiger charge is 2.24. The Morgan fingerprint density at radius 2 is 1.73 bits per heavy atom. The number of anilines is 1. The molecule has 226 valence electrons. The van der Waals surface area contributed by atoms with Crippen molar-refractivity contribution >= 4 is 23.4 Å². The fourth-order valence-corrected chi connectivity index (χ4v) is 5.31. The molecule has 0 N–H and O–H groups in total. The van der Waals surface area contributed by atoms with Crippen molar-refractivity contribution in [3.63, 3.8) is 0 Å². The molecule has 1 heterocycles. The number of carbonyl (C=O) groups excluding carboxylic acids is 2. The molecular weight excluding hydrogens is 560 g/mol. The number of hydrogen-bond acceptors (Lipinski definition) is 7. The minimum atomic E-state index is -0.907. The van der Waals surface area contributed by atoms with Crippen LogP contribution in [-0.2, 0) is 22.6 Å². The lowest BCUT2D eigenvalue weighted by molar-refractivity contribution is -0.384. The Bertz CT molecular complexity index is 1670. The van der Waals surface area contributed by atoms with Crippen molar-refractivity contribution in [2.45, 2.75) is 46.1 Å². The van der Waals surface area contributed by atoms with E-state index in [0.717, 1.165) is 52.1 Å². The zero-order chi connectivity index (χ0) is 31.1. The summed E-state index contributed by atoms with van der Waals surface area (Å²) in [5.74, 6) is 1.10. The maximum atomic E-state index is 13.3. The van der Waals surface area contributed by atoms with Gasteiger partial charge in [-0.1, -0.05) is 42.5 Å². The van der Waals surface area contributed by atoms with Gasteiger partial charge in [0.25, 0.3) is 5.69 Å². The summed E-state index contributed by atoms with van der Waals surface area (Å²) in [4.78, 5) is 37.7. The molecule has 0 aliphatic carbocycles. The van der Waals surface area contributed by atoms with Gasteiger partial charge in [0.05, 0.1) is 11.5 Å². The molecular formula is C35H34N2O7. The smallest absolute Gasteiger partial charge is 0.493 e. The number of aryl methyl sites for hydroxylation is 1. The first kappa shape index (κ1) is 30.3. The first-order valence-corrected chi connectivity index (χ1v) is 14.6. The van der Waals surface area contributed by atoms with Crippen molar-refractivity contribution < 1.29 is 28.7 Å². The fourth-order valence-electron chi connectivity index (χ4n) is 5.31. The van der Waals surface area contributed by atoms with Crippen LogP contribution in [0.5, 0.6) is 11.5 Å². The summed E-state index contributed by atoms with van der Waals surface area (Å²) < 4.78 is 16.4. The van der Waals surface area contributed by atoms with Gasteiger partial charge in [0.2, 0.25) is 5.91 Å². The van der Waals surface area contributed by atoms with Crippen LogP contribution in [0.1, 0.15) is 41.5 Å². The molecule has 1 aliphatic rings. The van der Waals surface area contributed by atoms with Gasteiger partial charge in [-0.2, -0.15) is 0 Å². The first-order valence-electron chi connectivity index (χ1n) is 14.6. The van der Waals surface area contributed by atoms with E-state index in [1.807, 2.05) is 66.4 Å². The zero-order valence-corrected chi connectivity index (χ0v) is 24.8. The number of rotatable bonds is 10. The molecule has 0 radical (unpaired) electrons. The van der Waals surface area contributed by atoms with Crippen LogP contribution in [0.25, 0.3) is 11.1 Å². The van der Waals surface area contributed by atoms with Crippen LogP contribution >= 0.6 is 0 Å². The van der Waals surface area contributed by atoms with Crippen molar-refractivity contribution in [2.24, 2.45) is 0 Å². The lowest BCUT2D eigenvalue weighted by atomic mass is 9.91. The molecule has 5 rings (SSSR count). The van der Waals surface area contributed by atoms with Gasteiger partial charge >= 0.3 is 6.16 Å². The molecule has 4 aromatic rings. The largest absolute Gasteiger partial charge is 0.514 e. The van der Waals surface area contributed by atoms with Crippen molar-refractivity contribution in [3.8, 4) is 22.6 Å². The summed E-state index contributed by atoms with van der Waals surface area (Å²) >= 11 is 0. The number of ether oxygens (including phenoxy) is 3. The topological polar surface area (TPSA) is 108 Å². The Morgan fingerprint density at radius 1 is 0.955 bits per heavy atom. The van der Waals surface area contributed by atoms with Crippen molar-refractivity contribution in [1.82, 2.24) is 0 Å². The number of nitro benzene ring substituents is 1. The van der Waals surface area contributed by atoms with Gasteiger partial charge in [0.1, 0.15) is 18.1 Å². The van der Waals surface area contributed by atoms with E-state index in [9.17, 15) is 19.7 Å². The number of non-ortho nitro benzene ring substituents is 1. The van der Waals surface area contributed by atoms with Crippen LogP contribution in [0.3, 0.4) is 0 Å². The van der Waals surface area contributed by atoms with Gasteiger partial charge in [-0.15, -0.1) is 0 Å². The van der Waals surface area contributed by atoms with E-state index in [0.29, 0.717) is 26.0 Å². The maximum Gasteiger partial charge on any atom is 0.514 e. The fraction of sp³-hybridized carbons (Fsp3) is 0.257. The molecule has 0 atom stereocenters. The molecule has 0 fully saturated rings. The minimum Gasteiger partial charge on any atom is -0.493 e. The molecule has 0 bridgehead atoms. The van der Waals surface area contributed by atoms with Crippen LogP contribution < -0.4 is 14.4 Å². The van der Waals surface area contributed by atoms with E-state index < -0.39 is 11.1 Å². The number of fused-ring (bicyclic) bond motifs is 1. The second kappa shape index (κ2) is 13.9. The summed E-state index contributed by atoms with van der Waals surface area (Å²) in [6.07, 6.45) is 1.85. The number of nitro groups is 1. The van der Waals surface area contributed by atoms with Gasteiger partial charge in [-0.05, 0) is 96.8 Å². The third-order valence-electron chi connectivity index (χ3n) is 7.74. The summed E-state index contributed by atoms with van der Waals surface area (Å²) in [6.45, 7) is 5.24. The molecule has 0 unspecified atom stereocenters. The van der Waals surface area contributed by atoms with E-state index >= 15 is 0 Å². The Hall–Kier alpha value is -5.18. The molecule has 0 aromatic heterocycles. The maximum absolute atomic E-state index is 13.3. The van der Waals surface area contributed by atoms with E-state index in [2.05, 4.69) is 13.0 Å². The quantitative estimate of drug-likeness (QED) is 0.0608. The molecule has 1 aliphatic heterocycles. The Labute approximate surface area is 256 Å². The van der Waals surface area contributed by atoms with E-state index in [4.69, 9.17) is 14.2 Å². The Balaban J connectivity index is 1.20. The van der Waals surface area contributed by atoms with Crippen molar-refractivity contribution in [3.05, 3.63) is 117 Å². The third-order valence-corrected chi connectivity index (χ3v) is 7.74. The van der Waals surface area contributed by atoms with Crippen molar-refractivity contribution in [2.75, 3.05) is 18.1 Å². The zero-order valence-electron chi connectivity index (χ0n) is 24.8. The summed E-state index contributed by atoms with van der Waals surface area (Å²) in [7, 11) is 0. The molecule has 0 saturated carbocycles. The molecule has 0 spiro atoms. The van der Waals surface area contributed by atoms with Crippen LogP contribution in [0.4, 0.5) is 16.2 Å². The molecule has 4 aromatic carbocycles. The Kier molecular flexibility index (Phi) is 9.54. The second-order valence-corrected chi connectivity index (χ2v) is 10.7. The summed E-state index contributed by atoms with van der Waals surface area (Å²) in [6, 6.07) is 24.9. The summed E-state index contributed by atoms with van der Waals surface area (Å²) in [5.41, 5.74) is 7.02. The lowest BCUT2D eigenvalue weighted by Crippen LogP contribution is -2.35. The number of carbonyl (C=O) groups is 2. The average molecular weight is 595 g/mol. The molecule has 44 heavy (non-hydrogen) atoms. The summed E-state index contributed by atoms with van der Waals surface area (Å²) in [5, 5.41) is 10.8. The Morgan fingerprint density at radius 3 is 2.52 bits per heavy atom. The SMILES string of the molecule is Cc1cccc(OCCCC(=O)N2CCCc3c(-c4cccc(COC(=O)Oc5ccc([N+](=O)[O-])cc5)c4)cccc32)c1C. The van der Waals surface area contributed by atoms with E-state index in [-0.39, 0.29) is 24.0 Å². The van der Waals surface area contributed by atoms with Crippen LogP contribution in [0.2, 0.25) is 0 Å². The highest BCUT2D eigenvalue weighted by atomic mass is 16.7. The first-order chi connectivity index (χ1) is 21.3. The van der Waals surface area contributed by atoms with Crippen LogP contribution in [0, 0.1) is 24.0 Å². The average Bonchev–Trinajstić information content (AvgIpc) is 3.03.